The van der Waals surface area contributed by atoms with Crippen LogP contribution in [0.3, 0.4) is 0 Å². The number of nitrogens with two attached hydrogens (primary N) is 1. The van der Waals surface area contributed by atoms with Crippen molar-refractivity contribution < 1.29 is 4.79 Å². The van der Waals surface area contributed by atoms with Crippen LogP contribution in [-0.2, 0) is 0 Å². The van der Waals surface area contributed by atoms with Crippen molar-refractivity contribution in [1.82, 2.24) is 10.2 Å². The van der Waals surface area contributed by atoms with Crippen LogP contribution < -0.4 is 11.1 Å². The fraction of sp³-hybridized carbons (Fsp3) is 0.562. The number of carbonyl (C=O) groups is 1. The Morgan fingerprint density at radius 3 is 2.48 bits per heavy atom. The Labute approximate surface area is 131 Å². The highest BCUT2D eigenvalue weighted by Gasteiger charge is 2.27. The van der Waals surface area contributed by atoms with Crippen LogP contribution in [0.5, 0.6) is 0 Å². The normalized spacial score (nSPS) is 17.7. The van der Waals surface area contributed by atoms with E-state index >= 15 is 0 Å². The molecular weight excluding hydrogens is 286 g/mol. The van der Waals surface area contributed by atoms with Gasteiger partial charge in [-0.25, -0.2) is 0 Å². The third-order valence-corrected chi connectivity index (χ3v) is 4.37. The molecule has 0 spiro atoms. The van der Waals surface area contributed by atoms with Crippen LogP contribution in [0, 0.1) is 0 Å². The molecule has 0 bridgehead atoms. The van der Waals surface area contributed by atoms with Crippen LogP contribution in [0.2, 0.25) is 5.02 Å². The van der Waals surface area contributed by atoms with Gasteiger partial charge in [-0.15, -0.1) is 0 Å². The molecule has 3 N–H and O–H groups in total. The molecule has 0 aliphatic carbocycles. The van der Waals surface area contributed by atoms with Crippen molar-refractivity contribution in [3.8, 4) is 0 Å². The number of hydrogen-bond acceptors (Lipinski definition) is 3. The third kappa shape index (κ3) is 4.11. The summed E-state index contributed by atoms with van der Waals surface area (Å²) >= 11 is 5.96. The molecule has 0 aromatic heterocycles. The Balaban J connectivity index is 1.91. The number of halogens is 1. The second-order valence-electron chi connectivity index (χ2n) is 6.64. The maximum atomic E-state index is 12.2. The summed E-state index contributed by atoms with van der Waals surface area (Å²) in [4.78, 5) is 14.7. The van der Waals surface area contributed by atoms with Crippen molar-refractivity contribution in [2.75, 3.05) is 18.8 Å². The van der Waals surface area contributed by atoms with Gasteiger partial charge in [-0.1, -0.05) is 11.6 Å². The number of likely N-dealkylation sites (tertiary alicyclic amines) is 1. The first kappa shape index (κ1) is 16.1. The molecule has 1 aromatic carbocycles. The largest absolute Gasteiger partial charge is 0.398 e. The predicted octanol–water partition coefficient (Wildman–Crippen LogP) is 2.91. The Morgan fingerprint density at radius 1 is 1.33 bits per heavy atom. The number of amides is 1. The van der Waals surface area contributed by atoms with Crippen molar-refractivity contribution in [3.05, 3.63) is 28.8 Å². The van der Waals surface area contributed by atoms with Crippen molar-refractivity contribution >= 4 is 23.2 Å². The maximum Gasteiger partial charge on any atom is 0.251 e. The van der Waals surface area contributed by atoms with E-state index in [0.29, 0.717) is 16.3 Å². The van der Waals surface area contributed by atoms with Gasteiger partial charge < -0.3 is 11.1 Å². The molecule has 4 nitrogen and oxygen atoms in total. The molecule has 116 valence electrons. The molecule has 1 aliphatic heterocycles. The van der Waals surface area contributed by atoms with Crippen LogP contribution >= 0.6 is 11.6 Å². The van der Waals surface area contributed by atoms with Crippen molar-refractivity contribution in [2.24, 2.45) is 0 Å². The molecule has 1 amide bonds. The standard InChI is InChI=1S/C16H24ClN3O/c1-16(2,3)20-8-6-12(7-9-20)19-15(21)11-4-5-14(18)13(17)10-11/h4-5,10,12H,6-9,18H2,1-3H3,(H,19,21). The Hall–Kier alpha value is -1.26. The van der Waals surface area contributed by atoms with Gasteiger partial charge in [-0.2, -0.15) is 0 Å². The molecule has 5 heteroatoms. The van der Waals surface area contributed by atoms with E-state index in [0.717, 1.165) is 25.9 Å². The molecule has 0 radical (unpaired) electrons. The van der Waals surface area contributed by atoms with Crippen LogP contribution in [0.1, 0.15) is 44.0 Å². The SMILES string of the molecule is CC(C)(C)N1CCC(NC(=O)c2ccc(N)c(Cl)c2)CC1. The number of hydrogen-bond donors (Lipinski definition) is 2. The van der Waals surface area contributed by atoms with Gasteiger partial charge in [0.05, 0.1) is 10.7 Å². The predicted molar refractivity (Wildman–Crippen MR) is 87.7 cm³/mol. The van der Waals surface area contributed by atoms with Gasteiger partial charge in [-0.05, 0) is 51.8 Å². The molecule has 1 aliphatic rings. The minimum absolute atomic E-state index is 0.0777. The first-order valence-electron chi connectivity index (χ1n) is 7.38. The van der Waals surface area contributed by atoms with Gasteiger partial charge in [0.15, 0.2) is 0 Å². The Bertz CT molecular complexity index is 517. The van der Waals surface area contributed by atoms with Gasteiger partial charge in [0, 0.05) is 30.2 Å². The summed E-state index contributed by atoms with van der Waals surface area (Å²) in [5.74, 6) is -0.0777. The minimum atomic E-state index is -0.0777. The van der Waals surface area contributed by atoms with Gasteiger partial charge >= 0.3 is 0 Å². The average molecular weight is 310 g/mol. The number of anilines is 1. The third-order valence-electron chi connectivity index (χ3n) is 4.04. The summed E-state index contributed by atoms with van der Waals surface area (Å²) < 4.78 is 0. The topological polar surface area (TPSA) is 58.4 Å². The fourth-order valence-corrected chi connectivity index (χ4v) is 2.81. The molecule has 0 unspecified atom stereocenters. The average Bonchev–Trinajstić information content (AvgIpc) is 2.41. The number of carbonyl (C=O) groups excluding carboxylic acids is 1. The zero-order chi connectivity index (χ0) is 15.6. The number of nitrogens with one attached hydrogen (secondary N) is 1. The number of benzene rings is 1. The molecule has 1 aromatic rings. The summed E-state index contributed by atoms with van der Waals surface area (Å²) in [6.45, 7) is 8.70. The second-order valence-corrected chi connectivity index (χ2v) is 7.05. The first-order chi connectivity index (χ1) is 9.77. The quantitative estimate of drug-likeness (QED) is 0.826. The molecule has 1 fully saturated rings. The summed E-state index contributed by atoms with van der Waals surface area (Å²) in [6.07, 6.45) is 1.96. The molecule has 21 heavy (non-hydrogen) atoms. The van der Waals surface area contributed by atoms with E-state index in [1.165, 1.54) is 0 Å². The van der Waals surface area contributed by atoms with Crippen LogP contribution in [0.15, 0.2) is 18.2 Å². The number of nitrogens with zero attached hydrogens (tertiary/aromatic N) is 1. The molecule has 1 saturated heterocycles. The Morgan fingerprint density at radius 2 is 1.95 bits per heavy atom. The lowest BCUT2D eigenvalue weighted by molar-refractivity contribution is 0.0812. The van der Waals surface area contributed by atoms with Crippen molar-refractivity contribution in [2.45, 2.75) is 45.2 Å². The van der Waals surface area contributed by atoms with Gasteiger partial charge in [0.25, 0.3) is 5.91 Å². The first-order valence-corrected chi connectivity index (χ1v) is 7.76. The lowest BCUT2D eigenvalue weighted by atomic mass is 9.98. The summed E-state index contributed by atoms with van der Waals surface area (Å²) in [5, 5.41) is 3.51. The van der Waals surface area contributed by atoms with Crippen molar-refractivity contribution in [3.63, 3.8) is 0 Å². The molecule has 2 rings (SSSR count). The molecule has 0 atom stereocenters. The number of piperidine rings is 1. The number of nitrogen functional groups attached to an aromatic ring is 1. The second kappa shape index (κ2) is 6.24. The van der Waals surface area contributed by atoms with E-state index in [4.69, 9.17) is 17.3 Å². The van der Waals surface area contributed by atoms with Crippen LogP contribution in [0.4, 0.5) is 5.69 Å². The lowest BCUT2D eigenvalue weighted by Crippen LogP contribution is -2.50. The zero-order valence-corrected chi connectivity index (χ0v) is 13.7. The van der Waals surface area contributed by atoms with E-state index in [9.17, 15) is 4.79 Å². The van der Waals surface area contributed by atoms with E-state index in [1.54, 1.807) is 18.2 Å². The summed E-state index contributed by atoms with van der Waals surface area (Å²) in [7, 11) is 0. The maximum absolute atomic E-state index is 12.2. The van der Waals surface area contributed by atoms with E-state index < -0.39 is 0 Å². The number of rotatable bonds is 2. The minimum Gasteiger partial charge on any atom is -0.398 e. The molecular formula is C16H24ClN3O. The fourth-order valence-electron chi connectivity index (χ4n) is 2.63. The van der Waals surface area contributed by atoms with Crippen molar-refractivity contribution in [1.29, 1.82) is 0 Å². The van der Waals surface area contributed by atoms with Gasteiger partial charge in [-0.3, -0.25) is 9.69 Å². The van der Waals surface area contributed by atoms with Crippen LogP contribution in [0.25, 0.3) is 0 Å². The smallest absolute Gasteiger partial charge is 0.251 e. The lowest BCUT2D eigenvalue weighted by Gasteiger charge is -2.41. The zero-order valence-electron chi connectivity index (χ0n) is 12.9. The summed E-state index contributed by atoms with van der Waals surface area (Å²) in [5.41, 5.74) is 6.91. The van der Waals surface area contributed by atoms with E-state index in [-0.39, 0.29) is 17.5 Å². The van der Waals surface area contributed by atoms with Gasteiger partial charge in [0.2, 0.25) is 0 Å². The van der Waals surface area contributed by atoms with Gasteiger partial charge in [0.1, 0.15) is 0 Å². The van der Waals surface area contributed by atoms with E-state index in [2.05, 4.69) is 31.0 Å². The monoisotopic (exact) mass is 309 g/mol. The summed E-state index contributed by atoms with van der Waals surface area (Å²) in [6, 6.07) is 5.23. The highest BCUT2D eigenvalue weighted by Crippen LogP contribution is 2.22. The Kier molecular flexibility index (Phi) is 4.79. The highest BCUT2D eigenvalue weighted by molar-refractivity contribution is 6.33. The van der Waals surface area contributed by atoms with Crippen LogP contribution in [-0.4, -0.2) is 35.5 Å². The molecule has 0 saturated carbocycles. The highest BCUT2D eigenvalue weighted by atomic mass is 35.5. The van der Waals surface area contributed by atoms with E-state index in [1.807, 2.05) is 0 Å². The molecule has 1 heterocycles.